The Morgan fingerprint density at radius 3 is 2.73 bits per heavy atom. The number of hydrogen-bond donors (Lipinski definition) is 2. The lowest BCUT2D eigenvalue weighted by atomic mass is 9.88. The standard InChI is InChI=1S/C22H36N6S.HI/c1-6-23-22(24-12-11-19-16(2)26-28(5)17(19)3)25-15-18-9-7-13-27(4)21(18)20-10-8-14-29-20;/h8,10,14,18,21H,6-7,9,11-13,15H2,1-5H3,(H2,23,24,25);1H. The highest BCUT2D eigenvalue weighted by Crippen LogP contribution is 2.37. The van der Waals surface area contributed by atoms with E-state index in [9.17, 15) is 0 Å². The van der Waals surface area contributed by atoms with E-state index in [2.05, 4.69) is 66.0 Å². The molecule has 0 spiro atoms. The summed E-state index contributed by atoms with van der Waals surface area (Å²) < 4.78 is 1.97. The summed E-state index contributed by atoms with van der Waals surface area (Å²) in [6.45, 7) is 10.1. The van der Waals surface area contributed by atoms with Crippen LogP contribution in [0.4, 0.5) is 0 Å². The molecule has 168 valence electrons. The van der Waals surface area contributed by atoms with Crippen molar-refractivity contribution >= 4 is 41.3 Å². The SMILES string of the molecule is CCNC(=NCC1CCCN(C)C1c1cccs1)NCCc1c(C)nn(C)c1C.I. The molecular formula is C22H37IN6S. The first-order chi connectivity index (χ1) is 14.0. The number of aliphatic imine (C=N–C) groups is 1. The van der Waals surface area contributed by atoms with Crippen molar-refractivity contribution in [2.24, 2.45) is 18.0 Å². The first-order valence-electron chi connectivity index (χ1n) is 10.8. The summed E-state index contributed by atoms with van der Waals surface area (Å²) in [5, 5.41) is 13.6. The van der Waals surface area contributed by atoms with Gasteiger partial charge in [0.1, 0.15) is 0 Å². The van der Waals surface area contributed by atoms with Crippen molar-refractivity contribution < 1.29 is 0 Å². The molecule has 0 amide bonds. The topological polar surface area (TPSA) is 57.5 Å². The number of guanidine groups is 1. The monoisotopic (exact) mass is 544 g/mol. The molecule has 0 saturated carbocycles. The highest BCUT2D eigenvalue weighted by Gasteiger charge is 2.31. The van der Waals surface area contributed by atoms with Crippen LogP contribution in [0.15, 0.2) is 22.5 Å². The summed E-state index contributed by atoms with van der Waals surface area (Å²) >= 11 is 1.87. The predicted octanol–water partition coefficient (Wildman–Crippen LogP) is 3.90. The zero-order valence-corrected chi connectivity index (χ0v) is 22.1. The van der Waals surface area contributed by atoms with E-state index in [1.54, 1.807) is 0 Å². The summed E-state index contributed by atoms with van der Waals surface area (Å²) in [5.74, 6) is 1.48. The minimum atomic E-state index is 0. The highest BCUT2D eigenvalue weighted by atomic mass is 127. The van der Waals surface area contributed by atoms with Crippen LogP contribution in [0.25, 0.3) is 0 Å². The van der Waals surface area contributed by atoms with Crippen LogP contribution in [-0.2, 0) is 13.5 Å². The van der Waals surface area contributed by atoms with Gasteiger partial charge in [-0.15, -0.1) is 35.3 Å². The minimum Gasteiger partial charge on any atom is -0.357 e. The van der Waals surface area contributed by atoms with Crippen LogP contribution in [0, 0.1) is 19.8 Å². The van der Waals surface area contributed by atoms with Crippen LogP contribution in [-0.4, -0.2) is 53.9 Å². The molecule has 3 rings (SSSR count). The zero-order valence-electron chi connectivity index (χ0n) is 18.9. The van der Waals surface area contributed by atoms with Crippen molar-refractivity contribution in [1.82, 2.24) is 25.3 Å². The molecule has 2 unspecified atom stereocenters. The summed E-state index contributed by atoms with van der Waals surface area (Å²) in [5.41, 5.74) is 3.70. The van der Waals surface area contributed by atoms with Crippen LogP contribution >= 0.6 is 35.3 Å². The van der Waals surface area contributed by atoms with Crippen LogP contribution in [0.5, 0.6) is 0 Å². The van der Waals surface area contributed by atoms with E-state index in [1.165, 1.54) is 35.5 Å². The first kappa shape index (κ1) is 25.1. The van der Waals surface area contributed by atoms with Crippen molar-refractivity contribution in [2.75, 3.05) is 33.2 Å². The Balaban J connectivity index is 0.00000320. The van der Waals surface area contributed by atoms with E-state index >= 15 is 0 Å². The van der Waals surface area contributed by atoms with Gasteiger partial charge in [-0.3, -0.25) is 14.6 Å². The molecule has 0 aliphatic carbocycles. The molecule has 1 saturated heterocycles. The van der Waals surface area contributed by atoms with Crippen LogP contribution in [0.3, 0.4) is 0 Å². The van der Waals surface area contributed by atoms with Gasteiger partial charge >= 0.3 is 0 Å². The van der Waals surface area contributed by atoms with Gasteiger partial charge in [-0.25, -0.2) is 0 Å². The maximum absolute atomic E-state index is 4.96. The smallest absolute Gasteiger partial charge is 0.191 e. The fraction of sp³-hybridized carbons (Fsp3) is 0.636. The number of nitrogens with zero attached hydrogens (tertiary/aromatic N) is 4. The normalized spacial score (nSPS) is 20.1. The molecule has 8 heteroatoms. The molecule has 2 atom stereocenters. The number of halogens is 1. The van der Waals surface area contributed by atoms with Gasteiger partial charge in [-0.2, -0.15) is 5.10 Å². The van der Waals surface area contributed by atoms with Crippen molar-refractivity contribution in [3.05, 3.63) is 39.3 Å². The Kier molecular flexibility index (Phi) is 10.1. The number of aryl methyl sites for hydroxylation is 2. The van der Waals surface area contributed by atoms with E-state index < -0.39 is 0 Å². The Hall–Kier alpha value is -1.13. The summed E-state index contributed by atoms with van der Waals surface area (Å²) in [7, 11) is 4.26. The lowest BCUT2D eigenvalue weighted by molar-refractivity contribution is 0.128. The molecule has 2 aromatic rings. The predicted molar refractivity (Wildman–Crippen MR) is 138 cm³/mol. The second-order valence-corrected chi connectivity index (χ2v) is 8.99. The minimum absolute atomic E-state index is 0. The largest absolute Gasteiger partial charge is 0.357 e. The summed E-state index contributed by atoms with van der Waals surface area (Å²) in [6, 6.07) is 4.92. The molecule has 2 aromatic heterocycles. The average molecular weight is 545 g/mol. The number of hydrogen-bond acceptors (Lipinski definition) is 4. The molecule has 1 aliphatic heterocycles. The zero-order chi connectivity index (χ0) is 20.8. The van der Waals surface area contributed by atoms with Gasteiger partial charge in [0.05, 0.1) is 5.69 Å². The second-order valence-electron chi connectivity index (χ2n) is 8.01. The number of piperidine rings is 1. The summed E-state index contributed by atoms with van der Waals surface area (Å²) in [6.07, 6.45) is 3.45. The van der Waals surface area contributed by atoms with E-state index in [-0.39, 0.29) is 24.0 Å². The number of rotatable bonds is 7. The third kappa shape index (κ3) is 6.20. The fourth-order valence-corrected chi connectivity index (χ4v) is 5.38. The molecule has 0 radical (unpaired) electrons. The lowest BCUT2D eigenvalue weighted by Crippen LogP contribution is -2.40. The van der Waals surface area contributed by atoms with Crippen LogP contribution in [0.1, 0.15) is 47.6 Å². The van der Waals surface area contributed by atoms with Gasteiger partial charge in [0.2, 0.25) is 0 Å². The first-order valence-corrected chi connectivity index (χ1v) is 11.6. The van der Waals surface area contributed by atoms with Gasteiger partial charge < -0.3 is 10.6 Å². The van der Waals surface area contributed by atoms with E-state index in [4.69, 9.17) is 4.99 Å². The fourth-order valence-electron chi connectivity index (χ4n) is 4.40. The lowest BCUT2D eigenvalue weighted by Gasteiger charge is -2.38. The molecular weight excluding hydrogens is 507 g/mol. The maximum atomic E-state index is 4.96. The van der Waals surface area contributed by atoms with Crippen molar-refractivity contribution in [1.29, 1.82) is 0 Å². The van der Waals surface area contributed by atoms with Gasteiger partial charge in [0.25, 0.3) is 0 Å². The third-order valence-electron chi connectivity index (χ3n) is 6.00. The van der Waals surface area contributed by atoms with Gasteiger partial charge in [0, 0.05) is 43.3 Å². The van der Waals surface area contributed by atoms with Gasteiger partial charge in [0.15, 0.2) is 5.96 Å². The molecule has 6 nitrogen and oxygen atoms in total. The average Bonchev–Trinajstić information content (AvgIpc) is 3.30. The van der Waals surface area contributed by atoms with Crippen molar-refractivity contribution in [3.63, 3.8) is 0 Å². The maximum Gasteiger partial charge on any atom is 0.191 e. The molecule has 1 aliphatic rings. The van der Waals surface area contributed by atoms with Crippen molar-refractivity contribution in [2.45, 2.75) is 46.1 Å². The Labute approximate surface area is 202 Å². The van der Waals surface area contributed by atoms with E-state index in [1.807, 2.05) is 23.1 Å². The van der Waals surface area contributed by atoms with E-state index in [0.717, 1.165) is 37.7 Å². The number of likely N-dealkylation sites (tertiary alicyclic amines) is 1. The molecule has 2 N–H and O–H groups in total. The Bertz CT molecular complexity index is 801. The molecule has 30 heavy (non-hydrogen) atoms. The number of aromatic nitrogens is 2. The van der Waals surface area contributed by atoms with E-state index in [0.29, 0.717) is 12.0 Å². The van der Waals surface area contributed by atoms with Crippen molar-refractivity contribution in [3.8, 4) is 0 Å². The highest BCUT2D eigenvalue weighted by molar-refractivity contribution is 14.0. The van der Waals surface area contributed by atoms with Gasteiger partial charge in [-0.1, -0.05) is 6.07 Å². The molecule has 0 aromatic carbocycles. The molecule has 1 fully saturated rings. The number of nitrogens with one attached hydrogen (secondary N) is 2. The van der Waals surface area contributed by atoms with Gasteiger partial charge in [-0.05, 0) is 76.6 Å². The quantitative estimate of drug-likeness (QED) is 0.316. The Morgan fingerprint density at radius 2 is 2.10 bits per heavy atom. The second kappa shape index (κ2) is 12.0. The Morgan fingerprint density at radius 1 is 1.30 bits per heavy atom. The van der Waals surface area contributed by atoms with Crippen LogP contribution in [0.2, 0.25) is 0 Å². The van der Waals surface area contributed by atoms with Crippen LogP contribution < -0.4 is 10.6 Å². The molecule has 0 bridgehead atoms. The summed E-state index contributed by atoms with van der Waals surface area (Å²) in [4.78, 5) is 8.93. The molecule has 3 heterocycles. The number of thiophene rings is 1. The third-order valence-corrected chi connectivity index (χ3v) is 6.94.